The van der Waals surface area contributed by atoms with Crippen LogP contribution in [0.4, 0.5) is 5.69 Å². The molecule has 2 N–H and O–H groups in total. The van der Waals surface area contributed by atoms with E-state index >= 15 is 0 Å². The van der Waals surface area contributed by atoms with E-state index in [1.165, 1.54) is 11.3 Å². The molecule has 17 heavy (non-hydrogen) atoms. The number of para-hydroxylation sites is 1. The molecule has 94 valence electrons. The minimum Gasteiger partial charge on any atom is -0.365 e. The first-order chi connectivity index (χ1) is 8.11. The summed E-state index contributed by atoms with van der Waals surface area (Å²) in [6.45, 7) is 11.2. The molecule has 1 aromatic rings. The van der Waals surface area contributed by atoms with Gasteiger partial charge in [-0.1, -0.05) is 31.2 Å². The van der Waals surface area contributed by atoms with Gasteiger partial charge in [0.25, 0.3) is 0 Å². The van der Waals surface area contributed by atoms with Crippen LogP contribution in [0.1, 0.15) is 38.8 Å². The summed E-state index contributed by atoms with van der Waals surface area (Å²) in [6.07, 6.45) is 2.89. The maximum absolute atomic E-state index is 6.18. The lowest BCUT2D eigenvalue weighted by atomic mass is 10.0. The Hall–Kier alpha value is -1.28. The van der Waals surface area contributed by atoms with Crippen LogP contribution >= 0.6 is 0 Å². The van der Waals surface area contributed by atoms with Crippen molar-refractivity contribution < 1.29 is 0 Å². The summed E-state index contributed by atoms with van der Waals surface area (Å²) in [7, 11) is 0. The first-order valence-electron chi connectivity index (χ1n) is 6.33. The van der Waals surface area contributed by atoms with E-state index in [-0.39, 0.29) is 6.04 Å². The molecule has 0 aliphatic rings. The van der Waals surface area contributed by atoms with Gasteiger partial charge in [0.05, 0.1) is 0 Å². The predicted molar refractivity (Wildman–Crippen MR) is 76.3 cm³/mol. The molecule has 0 aromatic heterocycles. The minimum absolute atomic E-state index is 0.109. The third-order valence-electron chi connectivity index (χ3n) is 3.03. The summed E-state index contributed by atoms with van der Waals surface area (Å²) in [4.78, 5) is 2.33. The topological polar surface area (TPSA) is 29.3 Å². The Labute approximate surface area is 105 Å². The quantitative estimate of drug-likeness (QED) is 0.761. The van der Waals surface area contributed by atoms with E-state index in [0.29, 0.717) is 6.04 Å². The zero-order valence-electron chi connectivity index (χ0n) is 11.2. The fraction of sp³-hybridized carbons (Fsp3) is 0.467. The molecule has 0 bridgehead atoms. The summed E-state index contributed by atoms with van der Waals surface area (Å²) in [5.74, 6) is 0. The second-order valence-electron chi connectivity index (χ2n) is 4.61. The first kappa shape index (κ1) is 13.8. The first-order valence-corrected chi connectivity index (χ1v) is 6.33. The van der Waals surface area contributed by atoms with E-state index in [1.807, 2.05) is 6.08 Å². The SMILES string of the molecule is C=CCN(c1ccccc1[C@H](N)CC)C(C)C. The van der Waals surface area contributed by atoms with Crippen molar-refractivity contribution in [3.63, 3.8) is 0 Å². The summed E-state index contributed by atoms with van der Waals surface area (Å²) < 4.78 is 0. The fourth-order valence-electron chi connectivity index (χ4n) is 2.01. The third kappa shape index (κ3) is 3.34. The molecule has 0 spiro atoms. The number of benzene rings is 1. The Kier molecular flexibility index (Phi) is 5.23. The highest BCUT2D eigenvalue weighted by atomic mass is 15.1. The maximum atomic E-state index is 6.18. The Balaban J connectivity index is 3.13. The van der Waals surface area contributed by atoms with Gasteiger partial charge in [-0.05, 0) is 31.9 Å². The van der Waals surface area contributed by atoms with Crippen LogP contribution in [0.2, 0.25) is 0 Å². The second kappa shape index (κ2) is 6.45. The highest BCUT2D eigenvalue weighted by Gasteiger charge is 2.15. The van der Waals surface area contributed by atoms with Gasteiger partial charge in [0, 0.05) is 24.3 Å². The smallest absolute Gasteiger partial charge is 0.0419 e. The largest absolute Gasteiger partial charge is 0.365 e. The van der Waals surface area contributed by atoms with Crippen molar-refractivity contribution in [3.8, 4) is 0 Å². The number of hydrogen-bond acceptors (Lipinski definition) is 2. The van der Waals surface area contributed by atoms with E-state index < -0.39 is 0 Å². The van der Waals surface area contributed by atoms with Crippen molar-refractivity contribution in [3.05, 3.63) is 42.5 Å². The molecule has 0 saturated heterocycles. The molecule has 1 rings (SSSR count). The molecule has 0 radical (unpaired) electrons. The zero-order chi connectivity index (χ0) is 12.8. The lowest BCUT2D eigenvalue weighted by Gasteiger charge is -2.31. The normalized spacial score (nSPS) is 12.5. The van der Waals surface area contributed by atoms with Crippen molar-refractivity contribution in [2.75, 3.05) is 11.4 Å². The molecular formula is C15H24N2. The van der Waals surface area contributed by atoms with Crippen LogP contribution in [0.5, 0.6) is 0 Å². The molecule has 0 saturated carbocycles. The molecule has 1 aromatic carbocycles. The average molecular weight is 232 g/mol. The molecule has 0 aliphatic heterocycles. The summed E-state index contributed by atoms with van der Waals surface area (Å²) in [5, 5.41) is 0. The molecule has 0 fully saturated rings. The van der Waals surface area contributed by atoms with Gasteiger partial charge in [0.2, 0.25) is 0 Å². The Morgan fingerprint density at radius 3 is 2.53 bits per heavy atom. The zero-order valence-corrected chi connectivity index (χ0v) is 11.2. The van der Waals surface area contributed by atoms with Crippen LogP contribution in [-0.2, 0) is 0 Å². The number of nitrogens with zero attached hydrogens (tertiary/aromatic N) is 1. The predicted octanol–water partition coefficient (Wildman–Crippen LogP) is 3.50. The van der Waals surface area contributed by atoms with Crippen LogP contribution in [0.15, 0.2) is 36.9 Å². The summed E-state index contributed by atoms with van der Waals surface area (Å²) in [6, 6.07) is 8.95. The van der Waals surface area contributed by atoms with Crippen molar-refractivity contribution >= 4 is 5.69 Å². The lowest BCUT2D eigenvalue weighted by molar-refractivity contribution is 0.674. The van der Waals surface area contributed by atoms with Crippen LogP contribution in [0.25, 0.3) is 0 Å². The highest BCUT2D eigenvalue weighted by Crippen LogP contribution is 2.28. The van der Waals surface area contributed by atoms with Crippen molar-refractivity contribution in [1.29, 1.82) is 0 Å². The lowest BCUT2D eigenvalue weighted by Crippen LogP contribution is -2.32. The molecular weight excluding hydrogens is 208 g/mol. The Bertz CT molecular complexity index is 358. The van der Waals surface area contributed by atoms with E-state index in [1.54, 1.807) is 0 Å². The molecule has 0 amide bonds. The van der Waals surface area contributed by atoms with Crippen molar-refractivity contribution in [2.24, 2.45) is 5.73 Å². The van der Waals surface area contributed by atoms with Crippen LogP contribution < -0.4 is 10.6 Å². The standard InChI is InChI=1S/C15H24N2/c1-5-11-17(12(3)4)15-10-8-7-9-13(15)14(16)6-2/h5,7-10,12,14H,1,6,11,16H2,2-4H3/t14-/m1/s1. The van der Waals surface area contributed by atoms with Crippen LogP contribution in [0, 0.1) is 0 Å². The molecule has 0 heterocycles. The average Bonchev–Trinajstić information content (AvgIpc) is 2.34. The second-order valence-corrected chi connectivity index (χ2v) is 4.61. The van der Waals surface area contributed by atoms with Gasteiger partial charge in [0.1, 0.15) is 0 Å². The van der Waals surface area contributed by atoms with E-state index in [2.05, 4.69) is 56.5 Å². The Morgan fingerprint density at radius 2 is 2.00 bits per heavy atom. The van der Waals surface area contributed by atoms with Gasteiger partial charge in [-0.3, -0.25) is 0 Å². The van der Waals surface area contributed by atoms with Gasteiger partial charge in [0.15, 0.2) is 0 Å². The summed E-state index contributed by atoms with van der Waals surface area (Å²) >= 11 is 0. The third-order valence-corrected chi connectivity index (χ3v) is 3.03. The van der Waals surface area contributed by atoms with Gasteiger partial charge in [-0.25, -0.2) is 0 Å². The number of rotatable bonds is 6. The van der Waals surface area contributed by atoms with Gasteiger partial charge >= 0.3 is 0 Å². The van der Waals surface area contributed by atoms with Crippen LogP contribution in [0.3, 0.4) is 0 Å². The Morgan fingerprint density at radius 1 is 1.35 bits per heavy atom. The molecule has 0 aliphatic carbocycles. The molecule has 1 atom stereocenters. The highest BCUT2D eigenvalue weighted by molar-refractivity contribution is 5.56. The number of anilines is 1. The maximum Gasteiger partial charge on any atom is 0.0419 e. The molecule has 0 unspecified atom stereocenters. The fourth-order valence-corrected chi connectivity index (χ4v) is 2.01. The van der Waals surface area contributed by atoms with Gasteiger partial charge in [-0.15, -0.1) is 6.58 Å². The number of nitrogens with two attached hydrogens (primary N) is 1. The van der Waals surface area contributed by atoms with Gasteiger partial charge < -0.3 is 10.6 Å². The molecule has 2 heteroatoms. The number of hydrogen-bond donors (Lipinski definition) is 1. The minimum atomic E-state index is 0.109. The van der Waals surface area contributed by atoms with E-state index in [0.717, 1.165) is 13.0 Å². The van der Waals surface area contributed by atoms with E-state index in [9.17, 15) is 0 Å². The van der Waals surface area contributed by atoms with Gasteiger partial charge in [-0.2, -0.15) is 0 Å². The van der Waals surface area contributed by atoms with Crippen molar-refractivity contribution in [1.82, 2.24) is 0 Å². The summed E-state index contributed by atoms with van der Waals surface area (Å²) in [5.41, 5.74) is 8.64. The van der Waals surface area contributed by atoms with Crippen molar-refractivity contribution in [2.45, 2.75) is 39.3 Å². The van der Waals surface area contributed by atoms with E-state index in [4.69, 9.17) is 5.73 Å². The van der Waals surface area contributed by atoms with Crippen LogP contribution in [-0.4, -0.2) is 12.6 Å². The molecule has 2 nitrogen and oxygen atoms in total. The monoisotopic (exact) mass is 232 g/mol.